The van der Waals surface area contributed by atoms with Crippen LogP contribution in [0.1, 0.15) is 12.5 Å². The van der Waals surface area contributed by atoms with E-state index >= 15 is 0 Å². The predicted molar refractivity (Wildman–Crippen MR) is 72.8 cm³/mol. The minimum Gasteiger partial charge on any atom is -0.421 e. The Kier molecular flexibility index (Phi) is 11.4. The van der Waals surface area contributed by atoms with E-state index in [0.717, 1.165) is 0 Å². The van der Waals surface area contributed by atoms with Gasteiger partial charge in [0.1, 0.15) is 0 Å². The van der Waals surface area contributed by atoms with Crippen LogP contribution in [0, 0.1) is 22.7 Å². The lowest BCUT2D eigenvalue weighted by Crippen LogP contribution is -2.22. The topological polar surface area (TPSA) is 56.8 Å². The fourth-order valence-electron chi connectivity index (χ4n) is 0.513. The van der Waals surface area contributed by atoms with Crippen molar-refractivity contribution in [1.29, 1.82) is 10.5 Å². The summed E-state index contributed by atoms with van der Waals surface area (Å²) in [5.74, 6) is 0. The third-order valence-electron chi connectivity index (χ3n) is 1.52. The van der Waals surface area contributed by atoms with Crippen molar-refractivity contribution in [3.8, 4) is 12.1 Å². The second-order valence-electron chi connectivity index (χ2n) is 4.02. The Morgan fingerprint density at radius 3 is 1.59 bits per heavy atom. The van der Waals surface area contributed by atoms with Gasteiger partial charge in [0, 0.05) is 14.0 Å². The lowest BCUT2D eigenvalue weighted by Gasteiger charge is -2.10. The highest BCUT2D eigenvalue weighted by Gasteiger charge is 2.09. The number of rotatable bonds is 1. The molecule has 0 aliphatic rings. The number of benzene rings is 1. The summed E-state index contributed by atoms with van der Waals surface area (Å²) in [4.78, 5) is 0. The van der Waals surface area contributed by atoms with Crippen LogP contribution < -0.4 is 0 Å². The first-order valence-electron chi connectivity index (χ1n) is 5.22. The van der Waals surface area contributed by atoms with Crippen molar-refractivity contribution in [3.63, 3.8) is 0 Å². The number of hydrogen-bond donors (Lipinski definition) is 0. The first-order chi connectivity index (χ1) is 7.91. The highest BCUT2D eigenvalue weighted by Crippen LogP contribution is 1.97. The van der Waals surface area contributed by atoms with Crippen molar-refractivity contribution in [3.05, 3.63) is 35.9 Å². The molecule has 1 aromatic rings. The van der Waals surface area contributed by atoms with E-state index in [-0.39, 0.29) is 0 Å². The molecule has 0 bridgehead atoms. The maximum Gasteiger partial charge on any atom is 0.183 e. The van der Waals surface area contributed by atoms with E-state index in [4.69, 9.17) is 14.9 Å². The van der Waals surface area contributed by atoms with Gasteiger partial charge in [-0.2, -0.15) is 10.5 Å². The molecular formula is C13H20N2OSi. The maximum atomic E-state index is 8.29. The molecule has 0 atom stereocenters. The van der Waals surface area contributed by atoms with Crippen LogP contribution in [-0.2, 0) is 4.43 Å². The van der Waals surface area contributed by atoms with Gasteiger partial charge >= 0.3 is 0 Å². The Hall–Kier alpha value is -1.62. The van der Waals surface area contributed by atoms with Gasteiger partial charge in [-0.25, -0.2) is 0 Å². The molecule has 0 radical (unpaired) electrons. The molecule has 0 spiro atoms. The zero-order chi connectivity index (χ0) is 13.7. The van der Waals surface area contributed by atoms with E-state index in [1.54, 1.807) is 25.3 Å². The molecule has 0 aliphatic carbocycles. The van der Waals surface area contributed by atoms with E-state index < -0.39 is 8.32 Å². The van der Waals surface area contributed by atoms with Gasteiger partial charge in [-0.05, 0) is 31.8 Å². The van der Waals surface area contributed by atoms with Gasteiger partial charge in [-0.1, -0.05) is 18.2 Å². The fourth-order valence-corrected chi connectivity index (χ4v) is 0.513. The average molecular weight is 248 g/mol. The summed E-state index contributed by atoms with van der Waals surface area (Å²) < 4.78 is 5.08. The molecular weight excluding hydrogens is 228 g/mol. The molecule has 4 heteroatoms. The van der Waals surface area contributed by atoms with Crippen molar-refractivity contribution < 1.29 is 4.43 Å². The predicted octanol–water partition coefficient (Wildman–Crippen LogP) is 3.56. The van der Waals surface area contributed by atoms with E-state index in [0.29, 0.717) is 5.56 Å². The van der Waals surface area contributed by atoms with Crippen molar-refractivity contribution in [2.24, 2.45) is 0 Å². The Labute approximate surface area is 105 Å². The standard InChI is InChI=1S/C7H5N.C4H12OSi.C2H3N/c8-6-7-4-2-1-3-5-7;1-5-6(2,3)4;1-2-3/h1-5H;1-4H3;1H3. The number of nitrogens with zero attached hydrogens (tertiary/aromatic N) is 2. The molecule has 92 valence electrons. The zero-order valence-electron chi connectivity index (χ0n) is 11.2. The average Bonchev–Trinajstić information content (AvgIpc) is 2.31. The van der Waals surface area contributed by atoms with Crippen molar-refractivity contribution >= 4 is 8.32 Å². The summed E-state index contributed by atoms with van der Waals surface area (Å²) in [5, 5.41) is 15.6. The highest BCUT2D eigenvalue weighted by atomic mass is 28.4. The minimum atomic E-state index is -1.13. The molecule has 0 aliphatic heterocycles. The highest BCUT2D eigenvalue weighted by molar-refractivity contribution is 6.69. The normalized spacial score (nSPS) is 8.41. The summed E-state index contributed by atoms with van der Waals surface area (Å²) in [5.41, 5.74) is 0.715. The third kappa shape index (κ3) is 17.0. The molecule has 0 saturated carbocycles. The lowest BCUT2D eigenvalue weighted by molar-refractivity contribution is 0.411. The molecule has 1 aromatic carbocycles. The minimum absolute atomic E-state index is 0.715. The van der Waals surface area contributed by atoms with Gasteiger partial charge in [0.15, 0.2) is 8.32 Å². The van der Waals surface area contributed by atoms with Crippen LogP contribution in [-0.4, -0.2) is 15.4 Å². The lowest BCUT2D eigenvalue weighted by atomic mass is 10.2. The van der Waals surface area contributed by atoms with Crippen LogP contribution in [0.5, 0.6) is 0 Å². The first kappa shape index (κ1) is 17.8. The summed E-state index contributed by atoms with van der Waals surface area (Å²) >= 11 is 0. The van der Waals surface area contributed by atoms with E-state index in [2.05, 4.69) is 19.6 Å². The Morgan fingerprint density at radius 2 is 1.41 bits per heavy atom. The van der Waals surface area contributed by atoms with Gasteiger partial charge in [-0.3, -0.25) is 0 Å². The van der Waals surface area contributed by atoms with Gasteiger partial charge in [0.05, 0.1) is 17.7 Å². The van der Waals surface area contributed by atoms with E-state index in [1.165, 1.54) is 6.92 Å². The smallest absolute Gasteiger partial charge is 0.183 e. The summed E-state index contributed by atoms with van der Waals surface area (Å²) in [6.45, 7) is 7.91. The molecule has 1 rings (SSSR count). The molecule has 3 nitrogen and oxygen atoms in total. The van der Waals surface area contributed by atoms with Crippen LogP contribution in [0.15, 0.2) is 30.3 Å². The number of nitriles is 2. The molecule has 17 heavy (non-hydrogen) atoms. The fraction of sp³-hybridized carbons (Fsp3) is 0.385. The van der Waals surface area contributed by atoms with Crippen molar-refractivity contribution in [1.82, 2.24) is 0 Å². The van der Waals surface area contributed by atoms with Crippen molar-refractivity contribution in [2.45, 2.75) is 26.6 Å². The quantitative estimate of drug-likeness (QED) is 0.714. The van der Waals surface area contributed by atoms with Crippen molar-refractivity contribution in [2.75, 3.05) is 7.11 Å². The third-order valence-corrected chi connectivity index (χ3v) is 2.74. The van der Waals surface area contributed by atoms with Gasteiger partial charge in [0.2, 0.25) is 0 Å². The second kappa shape index (κ2) is 10.9. The second-order valence-corrected chi connectivity index (χ2v) is 8.65. The van der Waals surface area contributed by atoms with E-state index in [1.807, 2.05) is 24.3 Å². The Morgan fingerprint density at radius 1 is 1.06 bits per heavy atom. The van der Waals surface area contributed by atoms with Crippen LogP contribution in [0.25, 0.3) is 0 Å². The van der Waals surface area contributed by atoms with Gasteiger partial charge in [0.25, 0.3) is 0 Å². The summed E-state index contributed by atoms with van der Waals surface area (Å²) in [7, 11) is 0.639. The zero-order valence-corrected chi connectivity index (χ0v) is 12.2. The van der Waals surface area contributed by atoms with Crippen LogP contribution in [0.2, 0.25) is 19.6 Å². The molecule has 0 heterocycles. The molecule has 0 saturated heterocycles. The largest absolute Gasteiger partial charge is 0.421 e. The maximum absolute atomic E-state index is 8.29. The van der Waals surface area contributed by atoms with Gasteiger partial charge in [-0.15, -0.1) is 0 Å². The first-order valence-corrected chi connectivity index (χ1v) is 8.63. The monoisotopic (exact) mass is 248 g/mol. The van der Waals surface area contributed by atoms with E-state index in [9.17, 15) is 0 Å². The molecule has 0 aromatic heterocycles. The van der Waals surface area contributed by atoms with Crippen LogP contribution in [0.4, 0.5) is 0 Å². The number of hydrogen-bond acceptors (Lipinski definition) is 3. The van der Waals surface area contributed by atoms with Gasteiger partial charge < -0.3 is 4.43 Å². The SMILES string of the molecule is CC#N.CO[Si](C)(C)C.N#Cc1ccccc1. The molecule has 0 fully saturated rings. The molecule has 0 amide bonds. The van der Waals surface area contributed by atoms with Crippen LogP contribution in [0.3, 0.4) is 0 Å². The van der Waals surface area contributed by atoms with Crippen LogP contribution >= 0.6 is 0 Å². The Balaban J connectivity index is 0. The Bertz CT molecular complexity index is 358. The molecule has 0 unspecified atom stereocenters. The summed E-state index contributed by atoms with van der Waals surface area (Å²) in [6.07, 6.45) is 0. The summed E-state index contributed by atoms with van der Waals surface area (Å²) in [6, 6.07) is 12.9. The molecule has 0 N–H and O–H groups in total.